The number of aromatic nitrogens is 1. The van der Waals surface area contributed by atoms with Crippen LogP contribution in [0.15, 0.2) is 44.3 Å². The summed E-state index contributed by atoms with van der Waals surface area (Å²) < 4.78 is 6.75. The van der Waals surface area contributed by atoms with Crippen LogP contribution in [0.3, 0.4) is 0 Å². The molecule has 7 nitrogen and oxygen atoms in total. The summed E-state index contributed by atoms with van der Waals surface area (Å²) in [5.41, 5.74) is 6.86. The van der Waals surface area contributed by atoms with Gasteiger partial charge < -0.3 is 15.0 Å². The van der Waals surface area contributed by atoms with E-state index >= 15 is 0 Å². The SMILES string of the molecule is CC1=C(C)/C(=C/c2[n-]c(/C(C(=O)OC(C)(C)C)=C3/CC(C)(C)C(/C=C4/CC(C)(C)C(C)(C#N)[N-]4)=N3)c(C)c2C)N=C1Br.[Pd+2]. The number of ether oxygens (including phenoxy) is 1. The molecule has 1 fully saturated rings. The Morgan fingerprint density at radius 1 is 1.00 bits per heavy atom. The van der Waals surface area contributed by atoms with E-state index in [0.717, 1.165) is 49.7 Å². The van der Waals surface area contributed by atoms with Crippen molar-refractivity contribution in [1.29, 1.82) is 5.26 Å². The van der Waals surface area contributed by atoms with Crippen LogP contribution in [0.5, 0.6) is 0 Å². The standard InChI is InChI=1S/C34H43BrN5O2.Pd/c1-18-20(3)28(38-23(18)14-24-19(2)21(4)29(35)39-24)27(30(41)42-31(5,6)7)25-16-32(8,9)26(37-25)13-22-15-33(10,11)34(12,17-36)40-22;/h13-14H,15-16H2,1-12H3,(H-,37,38,39,40,41);/q-1;+2/p-1. The number of nitriles is 1. The van der Waals surface area contributed by atoms with Crippen LogP contribution in [0, 0.1) is 36.0 Å². The molecule has 0 aliphatic carbocycles. The second-order valence-electron chi connectivity index (χ2n) is 14.2. The zero-order chi connectivity index (χ0) is 31.6. The largest absolute Gasteiger partial charge is 2.00 e. The molecule has 232 valence electrons. The third kappa shape index (κ3) is 6.63. The van der Waals surface area contributed by atoms with Crippen molar-refractivity contribution in [3.8, 4) is 6.07 Å². The van der Waals surface area contributed by atoms with Crippen LogP contribution in [0.25, 0.3) is 17.0 Å². The number of rotatable bonds is 4. The molecular formula is C34H42BrN5O2Pd. The maximum Gasteiger partial charge on any atom is 2.00 e. The van der Waals surface area contributed by atoms with E-state index in [1.807, 2.05) is 67.5 Å². The second kappa shape index (κ2) is 11.8. The Hall–Kier alpha value is -2.52. The van der Waals surface area contributed by atoms with Crippen molar-refractivity contribution in [2.45, 2.75) is 107 Å². The van der Waals surface area contributed by atoms with Crippen molar-refractivity contribution < 1.29 is 30.0 Å². The van der Waals surface area contributed by atoms with E-state index in [4.69, 9.17) is 20.0 Å². The number of nitrogens with zero attached hydrogens (tertiary/aromatic N) is 5. The summed E-state index contributed by atoms with van der Waals surface area (Å²) in [6.45, 7) is 23.9. The smallest absolute Gasteiger partial charge is 0.670 e. The molecule has 3 aliphatic rings. The van der Waals surface area contributed by atoms with Crippen molar-refractivity contribution in [3.05, 3.63) is 62.1 Å². The Labute approximate surface area is 278 Å². The molecule has 1 unspecified atom stereocenters. The summed E-state index contributed by atoms with van der Waals surface area (Å²) in [7, 11) is 0. The first-order chi connectivity index (χ1) is 19.2. The molecule has 0 radical (unpaired) electrons. The zero-order valence-corrected chi connectivity index (χ0v) is 30.5. The Bertz CT molecular complexity index is 1600. The molecule has 0 spiro atoms. The van der Waals surface area contributed by atoms with E-state index in [2.05, 4.69) is 54.7 Å². The molecule has 9 heteroatoms. The van der Waals surface area contributed by atoms with E-state index in [0.29, 0.717) is 29.8 Å². The van der Waals surface area contributed by atoms with Crippen molar-refractivity contribution in [2.75, 3.05) is 0 Å². The van der Waals surface area contributed by atoms with Gasteiger partial charge in [-0.3, -0.25) is 4.99 Å². The molecule has 0 bridgehead atoms. The molecule has 0 N–H and O–H groups in total. The van der Waals surface area contributed by atoms with Crippen molar-refractivity contribution >= 4 is 43.9 Å². The molecule has 1 aromatic rings. The van der Waals surface area contributed by atoms with Gasteiger partial charge in [0.15, 0.2) is 0 Å². The molecule has 1 saturated heterocycles. The van der Waals surface area contributed by atoms with Gasteiger partial charge in [0.1, 0.15) is 10.2 Å². The van der Waals surface area contributed by atoms with Crippen LogP contribution in [0.2, 0.25) is 0 Å². The van der Waals surface area contributed by atoms with E-state index < -0.39 is 17.1 Å². The minimum absolute atomic E-state index is 0. The topological polar surface area (TPSA) is 103 Å². The van der Waals surface area contributed by atoms with E-state index in [1.165, 1.54) is 0 Å². The Kier molecular flexibility index (Phi) is 9.57. The number of carbonyl (C=O) groups excluding carboxylic acids is 1. The van der Waals surface area contributed by atoms with Crippen molar-refractivity contribution in [2.24, 2.45) is 20.8 Å². The first-order valence-corrected chi connectivity index (χ1v) is 15.2. The maximum atomic E-state index is 13.9. The van der Waals surface area contributed by atoms with Gasteiger partial charge in [-0.15, -0.1) is 11.4 Å². The maximum absolute atomic E-state index is 13.9. The van der Waals surface area contributed by atoms with Crippen LogP contribution >= 0.6 is 15.9 Å². The van der Waals surface area contributed by atoms with E-state index in [-0.39, 0.29) is 31.3 Å². The van der Waals surface area contributed by atoms with Gasteiger partial charge in [-0.1, -0.05) is 57.9 Å². The van der Waals surface area contributed by atoms with Gasteiger partial charge in [-0.25, -0.2) is 9.79 Å². The monoisotopic (exact) mass is 737 g/mol. The van der Waals surface area contributed by atoms with Gasteiger partial charge in [0.05, 0.1) is 17.0 Å². The Morgan fingerprint density at radius 3 is 2.14 bits per heavy atom. The third-order valence-corrected chi connectivity index (χ3v) is 9.57. The quantitative estimate of drug-likeness (QED) is 0.175. The molecule has 0 amide bonds. The number of hydrogen-bond donors (Lipinski definition) is 0. The van der Waals surface area contributed by atoms with Crippen LogP contribution < -0.4 is 4.98 Å². The Morgan fingerprint density at radius 2 is 1.63 bits per heavy atom. The predicted octanol–water partition coefficient (Wildman–Crippen LogP) is 8.64. The van der Waals surface area contributed by atoms with Crippen LogP contribution in [0.1, 0.15) is 105 Å². The minimum Gasteiger partial charge on any atom is -0.670 e. The molecule has 1 atom stereocenters. The molecule has 1 aromatic heterocycles. The third-order valence-electron chi connectivity index (χ3n) is 8.80. The summed E-state index contributed by atoms with van der Waals surface area (Å²) in [6, 6.07) is 2.39. The fourth-order valence-electron chi connectivity index (χ4n) is 5.35. The molecule has 43 heavy (non-hydrogen) atoms. The summed E-state index contributed by atoms with van der Waals surface area (Å²) in [4.78, 5) is 28.6. The molecule has 4 rings (SSSR count). The number of aliphatic imine (C=N–C) groups is 2. The first kappa shape index (κ1) is 35.0. The van der Waals surface area contributed by atoms with Crippen LogP contribution in [0.4, 0.5) is 0 Å². The van der Waals surface area contributed by atoms with Gasteiger partial charge in [-0.2, -0.15) is 11.0 Å². The van der Waals surface area contributed by atoms with E-state index in [9.17, 15) is 10.1 Å². The average molecular weight is 739 g/mol. The average Bonchev–Trinajstić information content (AvgIpc) is 3.46. The molecule has 0 aromatic carbocycles. The molecular weight excluding hydrogens is 697 g/mol. The number of hydrogen-bond acceptors (Lipinski definition) is 5. The van der Waals surface area contributed by atoms with E-state index in [1.54, 1.807) is 0 Å². The first-order valence-electron chi connectivity index (χ1n) is 14.4. The van der Waals surface area contributed by atoms with Crippen molar-refractivity contribution in [3.63, 3.8) is 0 Å². The number of esters is 1. The van der Waals surface area contributed by atoms with Gasteiger partial charge in [0, 0.05) is 23.6 Å². The summed E-state index contributed by atoms with van der Waals surface area (Å²) in [6.07, 6.45) is 5.20. The number of carbonyl (C=O) groups is 1. The summed E-state index contributed by atoms with van der Waals surface area (Å²) in [5.74, 6) is -0.442. The predicted molar refractivity (Wildman–Crippen MR) is 174 cm³/mol. The molecule has 4 heterocycles. The van der Waals surface area contributed by atoms with Gasteiger partial charge >= 0.3 is 26.4 Å². The van der Waals surface area contributed by atoms with Crippen LogP contribution in [-0.4, -0.2) is 27.4 Å². The van der Waals surface area contributed by atoms with Gasteiger partial charge in [0.2, 0.25) is 0 Å². The van der Waals surface area contributed by atoms with Gasteiger partial charge in [0.25, 0.3) is 0 Å². The fraction of sp³-hybridized carbons (Fsp3) is 0.529. The number of allylic oxidation sites excluding steroid dienone is 5. The molecule has 0 saturated carbocycles. The van der Waals surface area contributed by atoms with Crippen LogP contribution in [-0.2, 0) is 30.0 Å². The zero-order valence-electron chi connectivity index (χ0n) is 27.3. The molecule has 3 aliphatic heterocycles. The summed E-state index contributed by atoms with van der Waals surface area (Å²) >= 11 is 3.53. The fourth-order valence-corrected chi connectivity index (χ4v) is 5.84. The van der Waals surface area contributed by atoms with Gasteiger partial charge in [-0.05, 0) is 92.9 Å². The summed E-state index contributed by atoms with van der Waals surface area (Å²) in [5, 5.41) is 14.6. The van der Waals surface area contributed by atoms with Crippen molar-refractivity contribution in [1.82, 2.24) is 4.98 Å². The number of halogens is 1. The second-order valence-corrected chi connectivity index (χ2v) is 14.9. The Balaban J connectivity index is 0.00000506. The minimum atomic E-state index is -0.799. The normalized spacial score (nSPS) is 25.8.